The van der Waals surface area contributed by atoms with Crippen LogP contribution in [0.4, 0.5) is 13.2 Å². The summed E-state index contributed by atoms with van der Waals surface area (Å²) in [5.41, 5.74) is 2.59. The molecule has 2 aromatic carbocycles. The molecule has 0 aliphatic carbocycles. The number of nitrogens with zero attached hydrogens (tertiary/aromatic N) is 2. The van der Waals surface area contributed by atoms with Crippen LogP contribution in [0.1, 0.15) is 63.8 Å². The van der Waals surface area contributed by atoms with Crippen LogP contribution >= 0.6 is 0 Å². The number of hydrogen-bond acceptors (Lipinski definition) is 2. The van der Waals surface area contributed by atoms with E-state index in [-0.39, 0.29) is 17.4 Å². The summed E-state index contributed by atoms with van der Waals surface area (Å²) in [7, 11) is 0. The largest absolute Gasteiger partial charge is 0.507 e. The summed E-state index contributed by atoms with van der Waals surface area (Å²) in [6, 6.07) is 11.0. The Bertz CT molecular complexity index is 1050. The number of hydrogen-bond donors (Lipinski definition) is 1. The van der Waals surface area contributed by atoms with Crippen LogP contribution in [-0.2, 0) is 23.6 Å². The highest BCUT2D eigenvalue weighted by molar-refractivity contribution is 5.66. The van der Waals surface area contributed by atoms with Crippen LogP contribution in [0.5, 0.6) is 5.75 Å². The van der Waals surface area contributed by atoms with E-state index in [2.05, 4.69) is 5.10 Å². The van der Waals surface area contributed by atoms with Gasteiger partial charge in [0.1, 0.15) is 5.75 Å². The molecule has 0 aliphatic heterocycles. The number of halogens is 3. The minimum Gasteiger partial charge on any atom is -0.507 e. The maximum atomic E-state index is 13.0. The standard InChI is InChI=1S/C25H29F3N2O/c1-23(2,3)19-13-17(14-20(22(19)31)24(4,5)6)21-10-11-30(29-21)15-16-8-7-9-18(12-16)25(26,27)28/h7-14,31H,15H2,1-6H3. The zero-order chi connectivity index (χ0) is 23.2. The Morgan fingerprint density at radius 2 is 1.45 bits per heavy atom. The van der Waals surface area contributed by atoms with E-state index in [0.29, 0.717) is 17.0 Å². The molecule has 166 valence electrons. The van der Waals surface area contributed by atoms with Gasteiger partial charge >= 0.3 is 6.18 Å². The molecular formula is C25H29F3N2O. The van der Waals surface area contributed by atoms with Gasteiger partial charge in [0.15, 0.2) is 0 Å². The Labute approximate surface area is 181 Å². The van der Waals surface area contributed by atoms with Crippen molar-refractivity contribution in [2.45, 2.75) is 65.1 Å². The molecule has 0 fully saturated rings. The first-order valence-electron chi connectivity index (χ1n) is 10.2. The van der Waals surface area contributed by atoms with Gasteiger partial charge < -0.3 is 5.11 Å². The second-order valence-electron chi connectivity index (χ2n) is 10.0. The van der Waals surface area contributed by atoms with Crippen LogP contribution < -0.4 is 0 Å². The average molecular weight is 431 g/mol. The first-order valence-corrected chi connectivity index (χ1v) is 10.2. The lowest BCUT2D eigenvalue weighted by Gasteiger charge is -2.28. The van der Waals surface area contributed by atoms with Gasteiger partial charge in [0, 0.05) is 22.9 Å². The summed E-state index contributed by atoms with van der Waals surface area (Å²) < 4.78 is 40.6. The molecule has 0 radical (unpaired) electrons. The third kappa shape index (κ3) is 5.12. The maximum Gasteiger partial charge on any atom is 0.416 e. The fourth-order valence-electron chi connectivity index (χ4n) is 3.56. The van der Waals surface area contributed by atoms with E-state index in [4.69, 9.17) is 0 Å². The third-order valence-corrected chi connectivity index (χ3v) is 5.26. The molecule has 3 rings (SSSR count). The zero-order valence-electron chi connectivity index (χ0n) is 18.8. The maximum absolute atomic E-state index is 13.0. The van der Waals surface area contributed by atoms with Crippen molar-refractivity contribution < 1.29 is 18.3 Å². The summed E-state index contributed by atoms with van der Waals surface area (Å²) in [6.07, 6.45) is -2.61. The minimum absolute atomic E-state index is 0.236. The van der Waals surface area contributed by atoms with Gasteiger partial charge in [0.25, 0.3) is 0 Å². The second kappa shape index (κ2) is 7.74. The first kappa shape index (κ1) is 22.9. The Morgan fingerprint density at radius 3 is 1.97 bits per heavy atom. The smallest absolute Gasteiger partial charge is 0.416 e. The lowest BCUT2D eigenvalue weighted by Crippen LogP contribution is -2.17. The Kier molecular flexibility index (Phi) is 5.72. The van der Waals surface area contributed by atoms with Gasteiger partial charge in [-0.2, -0.15) is 18.3 Å². The summed E-state index contributed by atoms with van der Waals surface area (Å²) in [6.45, 7) is 12.5. The molecule has 31 heavy (non-hydrogen) atoms. The second-order valence-corrected chi connectivity index (χ2v) is 10.0. The van der Waals surface area contributed by atoms with Gasteiger partial charge in [-0.15, -0.1) is 0 Å². The normalized spacial score (nSPS) is 12.9. The highest BCUT2D eigenvalue weighted by atomic mass is 19.4. The molecule has 3 nitrogen and oxygen atoms in total. The number of aromatic hydroxyl groups is 1. The van der Waals surface area contributed by atoms with Crippen LogP contribution in [0, 0.1) is 0 Å². The Hall–Kier alpha value is -2.76. The molecule has 1 heterocycles. The van der Waals surface area contributed by atoms with E-state index in [1.807, 2.05) is 59.7 Å². The number of phenolic OH excluding ortho intramolecular Hbond substituents is 1. The fraction of sp³-hybridized carbons (Fsp3) is 0.400. The number of aromatic nitrogens is 2. The minimum atomic E-state index is -4.37. The highest BCUT2D eigenvalue weighted by Gasteiger charge is 2.30. The lowest BCUT2D eigenvalue weighted by molar-refractivity contribution is -0.137. The van der Waals surface area contributed by atoms with Gasteiger partial charge in [0.2, 0.25) is 0 Å². The molecule has 0 bridgehead atoms. The molecule has 0 saturated heterocycles. The molecule has 0 spiro atoms. The molecule has 3 aromatic rings. The number of rotatable bonds is 3. The molecule has 0 atom stereocenters. The van der Waals surface area contributed by atoms with Gasteiger partial charge in [-0.05, 0) is 46.7 Å². The van der Waals surface area contributed by atoms with Crippen molar-refractivity contribution in [2.75, 3.05) is 0 Å². The van der Waals surface area contributed by atoms with E-state index in [1.165, 1.54) is 6.07 Å². The summed E-state index contributed by atoms with van der Waals surface area (Å²) in [4.78, 5) is 0. The SMILES string of the molecule is CC(C)(C)c1cc(-c2ccn(Cc3cccc(C(F)(F)F)c3)n2)cc(C(C)(C)C)c1O. The molecule has 0 aliphatic rings. The molecule has 6 heteroatoms. The quantitative estimate of drug-likeness (QED) is 0.490. The van der Waals surface area contributed by atoms with E-state index >= 15 is 0 Å². The zero-order valence-corrected chi connectivity index (χ0v) is 18.8. The number of phenols is 1. The van der Waals surface area contributed by atoms with Crippen molar-refractivity contribution in [3.8, 4) is 17.0 Å². The molecule has 0 amide bonds. The predicted octanol–water partition coefficient (Wildman–Crippen LogP) is 6.92. The monoisotopic (exact) mass is 430 g/mol. The van der Waals surface area contributed by atoms with Crippen molar-refractivity contribution in [2.24, 2.45) is 0 Å². The van der Waals surface area contributed by atoms with Gasteiger partial charge in [-0.3, -0.25) is 4.68 Å². The highest BCUT2D eigenvalue weighted by Crippen LogP contribution is 2.41. The third-order valence-electron chi connectivity index (χ3n) is 5.26. The summed E-state index contributed by atoms with van der Waals surface area (Å²) >= 11 is 0. The van der Waals surface area contributed by atoms with Crippen molar-refractivity contribution in [3.63, 3.8) is 0 Å². The van der Waals surface area contributed by atoms with Crippen LogP contribution in [0.3, 0.4) is 0 Å². The van der Waals surface area contributed by atoms with Crippen molar-refractivity contribution in [1.82, 2.24) is 9.78 Å². The van der Waals surface area contributed by atoms with Crippen LogP contribution in [0.15, 0.2) is 48.7 Å². The average Bonchev–Trinajstić information content (AvgIpc) is 3.08. The van der Waals surface area contributed by atoms with Crippen molar-refractivity contribution >= 4 is 0 Å². The van der Waals surface area contributed by atoms with Gasteiger partial charge in [0.05, 0.1) is 17.8 Å². The van der Waals surface area contributed by atoms with Crippen molar-refractivity contribution in [1.29, 1.82) is 0 Å². The first-order chi connectivity index (χ1) is 14.2. The Morgan fingerprint density at radius 1 is 0.871 bits per heavy atom. The van der Waals surface area contributed by atoms with E-state index in [9.17, 15) is 18.3 Å². The lowest BCUT2D eigenvalue weighted by atomic mass is 9.78. The number of alkyl halides is 3. The molecule has 1 aromatic heterocycles. The van der Waals surface area contributed by atoms with E-state index in [1.54, 1.807) is 16.9 Å². The Balaban J connectivity index is 1.99. The van der Waals surface area contributed by atoms with E-state index < -0.39 is 11.7 Å². The summed E-state index contributed by atoms with van der Waals surface area (Å²) in [5, 5.41) is 15.5. The molecule has 0 unspecified atom stereocenters. The van der Waals surface area contributed by atoms with Crippen LogP contribution in [-0.4, -0.2) is 14.9 Å². The number of benzene rings is 2. The fourth-order valence-corrected chi connectivity index (χ4v) is 3.56. The summed E-state index contributed by atoms with van der Waals surface area (Å²) in [5.74, 6) is 0.298. The van der Waals surface area contributed by atoms with Crippen LogP contribution in [0.2, 0.25) is 0 Å². The van der Waals surface area contributed by atoms with Gasteiger partial charge in [-0.25, -0.2) is 0 Å². The van der Waals surface area contributed by atoms with Crippen LogP contribution in [0.25, 0.3) is 11.3 Å². The predicted molar refractivity (Wildman–Crippen MR) is 117 cm³/mol. The molecule has 0 saturated carbocycles. The van der Waals surface area contributed by atoms with E-state index in [0.717, 1.165) is 28.8 Å². The van der Waals surface area contributed by atoms with Gasteiger partial charge in [-0.1, -0.05) is 53.7 Å². The molecular weight excluding hydrogens is 401 g/mol. The molecule has 1 N–H and O–H groups in total. The topological polar surface area (TPSA) is 38.0 Å². The van der Waals surface area contributed by atoms with Crippen molar-refractivity contribution in [3.05, 3.63) is 70.9 Å².